The quantitative estimate of drug-likeness (QED) is 0.793. The Balaban J connectivity index is 1.79. The molecule has 1 fully saturated rings. The molecule has 1 aliphatic carbocycles. The van der Waals surface area contributed by atoms with Crippen LogP contribution >= 0.6 is 0 Å². The summed E-state index contributed by atoms with van der Waals surface area (Å²) >= 11 is 0. The number of aromatic nitrogens is 1. The fraction of sp³-hybridized carbons (Fsp3) is 0.522. The van der Waals surface area contributed by atoms with Crippen molar-refractivity contribution in [2.45, 2.75) is 52.4 Å². The Morgan fingerprint density at radius 3 is 2.50 bits per heavy atom. The summed E-state index contributed by atoms with van der Waals surface area (Å²) in [7, 11) is 0. The summed E-state index contributed by atoms with van der Waals surface area (Å²) < 4.78 is 0. The van der Waals surface area contributed by atoms with Crippen LogP contribution in [0.4, 0.5) is 0 Å². The Hall–Kier alpha value is -2.43. The van der Waals surface area contributed by atoms with Crippen LogP contribution in [-0.2, 0) is 4.79 Å². The van der Waals surface area contributed by atoms with E-state index in [1.807, 2.05) is 30.3 Å². The maximum absolute atomic E-state index is 12.8. The Kier molecular flexibility index (Phi) is 6.65. The van der Waals surface area contributed by atoms with Crippen LogP contribution in [0.3, 0.4) is 0 Å². The zero-order valence-corrected chi connectivity index (χ0v) is 17.1. The number of rotatable bonds is 6. The number of fused-ring (bicyclic) bond motifs is 1. The van der Waals surface area contributed by atoms with Crippen molar-refractivity contribution in [3.05, 3.63) is 41.6 Å². The molecule has 150 valence electrons. The van der Waals surface area contributed by atoms with Crippen LogP contribution in [0.5, 0.6) is 0 Å². The standard InChI is InChI=1S/C23H31N3O2/c1-15(2)13-25-23(28)20-12-22(26-21-7-5-4-6-19(20)21)18-10-8-17(9-11-18)14-24-16(3)27/h4-7,12,15,17-18H,8-11,13-14H2,1-3H3,(H,24,27)(H,25,28). The number of carbonyl (C=O) groups is 2. The van der Waals surface area contributed by atoms with E-state index in [-0.39, 0.29) is 11.8 Å². The number of pyridine rings is 1. The van der Waals surface area contributed by atoms with E-state index in [1.165, 1.54) is 0 Å². The molecule has 0 unspecified atom stereocenters. The minimum atomic E-state index is -0.0205. The minimum Gasteiger partial charge on any atom is -0.356 e. The van der Waals surface area contributed by atoms with Gasteiger partial charge in [0.25, 0.3) is 5.91 Å². The van der Waals surface area contributed by atoms with Gasteiger partial charge < -0.3 is 10.6 Å². The van der Waals surface area contributed by atoms with Gasteiger partial charge in [-0.15, -0.1) is 0 Å². The van der Waals surface area contributed by atoms with Gasteiger partial charge in [-0.05, 0) is 49.7 Å². The van der Waals surface area contributed by atoms with Crippen molar-refractivity contribution in [1.82, 2.24) is 15.6 Å². The summed E-state index contributed by atoms with van der Waals surface area (Å²) in [4.78, 5) is 28.8. The van der Waals surface area contributed by atoms with E-state index in [4.69, 9.17) is 4.98 Å². The second kappa shape index (κ2) is 9.18. The highest BCUT2D eigenvalue weighted by atomic mass is 16.2. The highest BCUT2D eigenvalue weighted by molar-refractivity contribution is 6.06. The van der Waals surface area contributed by atoms with Crippen molar-refractivity contribution in [2.24, 2.45) is 11.8 Å². The first kappa shape index (κ1) is 20.3. The zero-order valence-electron chi connectivity index (χ0n) is 17.1. The molecular weight excluding hydrogens is 350 g/mol. The Labute approximate surface area is 167 Å². The van der Waals surface area contributed by atoms with Crippen LogP contribution < -0.4 is 10.6 Å². The maximum Gasteiger partial charge on any atom is 0.252 e. The third kappa shape index (κ3) is 5.09. The number of para-hydroxylation sites is 1. The van der Waals surface area contributed by atoms with Crippen LogP contribution in [0.25, 0.3) is 10.9 Å². The van der Waals surface area contributed by atoms with Crippen LogP contribution in [-0.4, -0.2) is 29.9 Å². The Bertz CT molecular complexity index is 839. The van der Waals surface area contributed by atoms with Gasteiger partial charge in [-0.2, -0.15) is 0 Å². The van der Waals surface area contributed by atoms with Gasteiger partial charge in [0.05, 0.1) is 11.1 Å². The number of carbonyl (C=O) groups excluding carboxylic acids is 2. The van der Waals surface area contributed by atoms with Gasteiger partial charge >= 0.3 is 0 Å². The third-order valence-corrected chi connectivity index (χ3v) is 5.56. The van der Waals surface area contributed by atoms with E-state index in [0.717, 1.165) is 54.4 Å². The van der Waals surface area contributed by atoms with Crippen molar-refractivity contribution < 1.29 is 9.59 Å². The molecule has 0 spiro atoms. The molecule has 2 amide bonds. The zero-order chi connectivity index (χ0) is 20.1. The van der Waals surface area contributed by atoms with Gasteiger partial charge in [0.15, 0.2) is 0 Å². The fourth-order valence-electron chi connectivity index (χ4n) is 3.94. The molecular formula is C23H31N3O2. The molecule has 0 saturated heterocycles. The highest BCUT2D eigenvalue weighted by Crippen LogP contribution is 2.36. The molecule has 5 nitrogen and oxygen atoms in total. The molecule has 1 aliphatic rings. The van der Waals surface area contributed by atoms with Gasteiger partial charge in [0.1, 0.15) is 0 Å². The summed E-state index contributed by atoms with van der Waals surface area (Å²) in [5.41, 5.74) is 2.63. The van der Waals surface area contributed by atoms with E-state index < -0.39 is 0 Å². The monoisotopic (exact) mass is 381 g/mol. The van der Waals surface area contributed by atoms with Crippen LogP contribution in [0.2, 0.25) is 0 Å². The first-order chi connectivity index (χ1) is 13.4. The number of nitrogens with one attached hydrogen (secondary N) is 2. The van der Waals surface area contributed by atoms with Crippen molar-refractivity contribution in [2.75, 3.05) is 13.1 Å². The molecule has 1 aromatic heterocycles. The average Bonchev–Trinajstić information content (AvgIpc) is 2.70. The SMILES string of the molecule is CC(=O)NCC1CCC(c2cc(C(=O)NCC(C)C)c3ccccc3n2)CC1. The lowest BCUT2D eigenvalue weighted by Crippen LogP contribution is -2.29. The summed E-state index contributed by atoms with van der Waals surface area (Å²) in [5, 5.41) is 6.89. The number of hydrogen-bond acceptors (Lipinski definition) is 3. The second-order valence-corrected chi connectivity index (χ2v) is 8.37. The molecule has 1 saturated carbocycles. The predicted molar refractivity (Wildman–Crippen MR) is 112 cm³/mol. The Morgan fingerprint density at radius 2 is 1.82 bits per heavy atom. The molecule has 1 aromatic carbocycles. The molecule has 1 heterocycles. The second-order valence-electron chi connectivity index (χ2n) is 8.37. The van der Waals surface area contributed by atoms with Crippen molar-refractivity contribution in [3.63, 3.8) is 0 Å². The normalized spacial score (nSPS) is 19.6. The average molecular weight is 382 g/mol. The van der Waals surface area contributed by atoms with Crippen LogP contribution in [0.15, 0.2) is 30.3 Å². The molecule has 0 aliphatic heterocycles. The first-order valence-electron chi connectivity index (χ1n) is 10.4. The van der Waals surface area contributed by atoms with Crippen molar-refractivity contribution in [1.29, 1.82) is 0 Å². The lowest BCUT2D eigenvalue weighted by atomic mass is 9.80. The van der Waals surface area contributed by atoms with Crippen LogP contribution in [0, 0.1) is 11.8 Å². The highest BCUT2D eigenvalue weighted by Gasteiger charge is 2.25. The van der Waals surface area contributed by atoms with Gasteiger partial charge in [-0.25, -0.2) is 0 Å². The minimum absolute atomic E-state index is 0.0205. The molecule has 3 rings (SSSR count). The third-order valence-electron chi connectivity index (χ3n) is 5.56. The van der Waals surface area contributed by atoms with Crippen molar-refractivity contribution >= 4 is 22.7 Å². The molecule has 5 heteroatoms. The van der Waals surface area contributed by atoms with E-state index in [2.05, 4.69) is 24.5 Å². The van der Waals surface area contributed by atoms with Gasteiger partial charge in [0, 0.05) is 37.0 Å². The number of hydrogen-bond donors (Lipinski definition) is 2. The lowest BCUT2D eigenvalue weighted by Gasteiger charge is -2.28. The number of nitrogens with zero attached hydrogens (tertiary/aromatic N) is 1. The summed E-state index contributed by atoms with van der Waals surface area (Å²) in [5.74, 6) is 1.34. The lowest BCUT2D eigenvalue weighted by molar-refractivity contribution is -0.119. The predicted octanol–water partition coefficient (Wildman–Crippen LogP) is 4.03. The molecule has 28 heavy (non-hydrogen) atoms. The molecule has 0 atom stereocenters. The van der Waals surface area contributed by atoms with E-state index in [1.54, 1.807) is 6.92 Å². The fourth-order valence-corrected chi connectivity index (χ4v) is 3.94. The van der Waals surface area contributed by atoms with Gasteiger partial charge in [-0.1, -0.05) is 32.0 Å². The van der Waals surface area contributed by atoms with Gasteiger partial charge in [-0.3, -0.25) is 14.6 Å². The van der Waals surface area contributed by atoms with Crippen molar-refractivity contribution in [3.8, 4) is 0 Å². The topological polar surface area (TPSA) is 71.1 Å². The summed E-state index contributed by atoms with van der Waals surface area (Å²) in [6, 6.07) is 9.88. The van der Waals surface area contributed by atoms with Gasteiger partial charge in [0.2, 0.25) is 5.91 Å². The summed E-state index contributed by atoms with van der Waals surface area (Å²) in [6.07, 6.45) is 4.24. The van der Waals surface area contributed by atoms with E-state index >= 15 is 0 Å². The molecule has 2 aromatic rings. The molecule has 2 N–H and O–H groups in total. The summed E-state index contributed by atoms with van der Waals surface area (Å²) in [6.45, 7) is 7.18. The van der Waals surface area contributed by atoms with E-state index in [9.17, 15) is 9.59 Å². The molecule has 0 radical (unpaired) electrons. The number of benzene rings is 1. The molecule has 0 bridgehead atoms. The maximum atomic E-state index is 12.8. The largest absolute Gasteiger partial charge is 0.356 e. The number of amides is 2. The Morgan fingerprint density at radius 1 is 1.11 bits per heavy atom. The first-order valence-corrected chi connectivity index (χ1v) is 10.4. The smallest absolute Gasteiger partial charge is 0.252 e. The van der Waals surface area contributed by atoms with E-state index in [0.29, 0.717) is 24.3 Å². The van der Waals surface area contributed by atoms with Crippen LogP contribution in [0.1, 0.15) is 68.4 Å².